The van der Waals surface area contributed by atoms with Crippen LogP contribution in [0.15, 0.2) is 34.0 Å². The summed E-state index contributed by atoms with van der Waals surface area (Å²) in [5.41, 5.74) is 0.195. The lowest BCUT2D eigenvalue weighted by atomic mass is 10.2. The van der Waals surface area contributed by atoms with E-state index in [0.29, 0.717) is 9.91 Å². The summed E-state index contributed by atoms with van der Waals surface area (Å²) in [4.78, 5) is 14.2. The van der Waals surface area contributed by atoms with Crippen molar-refractivity contribution in [1.29, 1.82) is 0 Å². The third-order valence-corrected chi connectivity index (χ3v) is 4.27. The van der Waals surface area contributed by atoms with E-state index < -0.39 is 15.7 Å². The van der Waals surface area contributed by atoms with Gasteiger partial charge in [-0.25, -0.2) is 4.79 Å². The maximum Gasteiger partial charge on any atom is 0.358 e. The van der Waals surface area contributed by atoms with Gasteiger partial charge in [-0.05, 0) is 19.1 Å². The van der Waals surface area contributed by atoms with Gasteiger partial charge in [-0.2, -0.15) is 8.42 Å². The first-order valence-electron chi connectivity index (χ1n) is 5.84. The van der Waals surface area contributed by atoms with Gasteiger partial charge in [0.25, 0.3) is 10.0 Å². The van der Waals surface area contributed by atoms with E-state index in [1.807, 2.05) is 20.8 Å². The second-order valence-electron chi connectivity index (χ2n) is 4.63. The Morgan fingerprint density at radius 2 is 1.79 bits per heavy atom. The highest BCUT2D eigenvalue weighted by Crippen LogP contribution is 2.13. The van der Waals surface area contributed by atoms with Crippen molar-refractivity contribution in [2.45, 2.75) is 31.6 Å². The minimum Gasteiger partial charge on any atom is -0.292 e. The predicted octanol–water partition coefficient (Wildman–Crippen LogP) is 1.24. The molecular formula is C12H15N3O3S. The minimum atomic E-state index is -3.94. The van der Waals surface area contributed by atoms with Crippen LogP contribution in [0.25, 0.3) is 0 Å². The van der Waals surface area contributed by atoms with Gasteiger partial charge in [0.15, 0.2) is 0 Å². The average molecular weight is 281 g/mol. The van der Waals surface area contributed by atoms with Crippen LogP contribution in [0.1, 0.15) is 31.2 Å². The number of aromatic nitrogens is 3. The molecule has 0 saturated carbocycles. The lowest BCUT2D eigenvalue weighted by Gasteiger charge is -2.03. The molecule has 1 aromatic heterocycles. The van der Waals surface area contributed by atoms with Crippen LogP contribution >= 0.6 is 0 Å². The molecule has 0 amide bonds. The molecule has 1 N–H and O–H groups in total. The smallest absolute Gasteiger partial charge is 0.292 e. The summed E-state index contributed by atoms with van der Waals surface area (Å²) in [5, 5.41) is 3.84. The summed E-state index contributed by atoms with van der Waals surface area (Å²) < 4.78 is 25.1. The molecule has 0 spiro atoms. The third-order valence-electron chi connectivity index (χ3n) is 2.70. The normalized spacial score (nSPS) is 12.0. The maximum atomic E-state index is 12.3. The molecule has 19 heavy (non-hydrogen) atoms. The van der Waals surface area contributed by atoms with Crippen molar-refractivity contribution in [2.24, 2.45) is 0 Å². The fraction of sp³-hybridized carbons (Fsp3) is 0.333. The molecule has 1 aromatic carbocycles. The highest BCUT2D eigenvalue weighted by Gasteiger charge is 2.22. The first-order valence-corrected chi connectivity index (χ1v) is 7.28. The van der Waals surface area contributed by atoms with Gasteiger partial charge < -0.3 is 0 Å². The summed E-state index contributed by atoms with van der Waals surface area (Å²) in [5.74, 6) is 0.294. The van der Waals surface area contributed by atoms with Crippen molar-refractivity contribution in [3.05, 3.63) is 46.1 Å². The Morgan fingerprint density at radius 1 is 1.21 bits per heavy atom. The van der Waals surface area contributed by atoms with Gasteiger partial charge in [-0.15, -0.1) is 5.10 Å². The number of nitrogens with one attached hydrogen (secondary N) is 1. The van der Waals surface area contributed by atoms with Crippen LogP contribution in [0, 0.1) is 6.92 Å². The van der Waals surface area contributed by atoms with E-state index in [1.165, 1.54) is 12.1 Å². The van der Waals surface area contributed by atoms with Crippen LogP contribution in [-0.2, 0) is 10.0 Å². The molecule has 0 aliphatic carbocycles. The minimum absolute atomic E-state index is 0.0435. The zero-order valence-electron chi connectivity index (χ0n) is 10.9. The Bertz CT molecular complexity index is 739. The van der Waals surface area contributed by atoms with E-state index in [-0.39, 0.29) is 10.8 Å². The predicted molar refractivity (Wildman–Crippen MR) is 70.7 cm³/mol. The molecule has 0 unspecified atom stereocenters. The molecular weight excluding hydrogens is 266 g/mol. The fourth-order valence-corrected chi connectivity index (χ4v) is 2.70. The van der Waals surface area contributed by atoms with E-state index in [1.54, 1.807) is 12.1 Å². The van der Waals surface area contributed by atoms with E-state index >= 15 is 0 Å². The second kappa shape index (κ2) is 4.65. The van der Waals surface area contributed by atoms with Crippen LogP contribution in [0.2, 0.25) is 0 Å². The van der Waals surface area contributed by atoms with E-state index in [0.717, 1.165) is 5.56 Å². The van der Waals surface area contributed by atoms with Gasteiger partial charge in [-0.1, -0.05) is 35.6 Å². The van der Waals surface area contributed by atoms with Crippen molar-refractivity contribution in [2.75, 3.05) is 0 Å². The van der Waals surface area contributed by atoms with Crippen LogP contribution in [-0.4, -0.2) is 22.6 Å². The van der Waals surface area contributed by atoms with Gasteiger partial charge >= 0.3 is 5.69 Å². The van der Waals surface area contributed by atoms with Crippen LogP contribution < -0.4 is 5.69 Å². The molecule has 2 aromatic rings. The first kappa shape index (κ1) is 13.5. The summed E-state index contributed by atoms with van der Waals surface area (Å²) in [6, 6.07) is 6.27. The standard InChI is InChI=1S/C12H15N3O3S/c1-8(2)11-13-12(16)15(14-11)19(17,18)10-6-4-9(3)5-7-10/h4-8H,1-3H3,(H,13,14,16). The molecule has 2 rings (SSSR count). The average Bonchev–Trinajstić information content (AvgIpc) is 2.73. The van der Waals surface area contributed by atoms with Gasteiger partial charge in [-0.3, -0.25) is 4.98 Å². The number of rotatable bonds is 3. The van der Waals surface area contributed by atoms with Gasteiger partial charge in [0, 0.05) is 5.92 Å². The summed E-state index contributed by atoms with van der Waals surface area (Å²) >= 11 is 0. The van der Waals surface area contributed by atoms with E-state index in [9.17, 15) is 13.2 Å². The van der Waals surface area contributed by atoms with Crippen LogP contribution in [0.5, 0.6) is 0 Å². The van der Waals surface area contributed by atoms with Gasteiger partial charge in [0.05, 0.1) is 4.90 Å². The number of hydrogen-bond donors (Lipinski definition) is 1. The lowest BCUT2D eigenvalue weighted by Crippen LogP contribution is -2.26. The van der Waals surface area contributed by atoms with Crippen molar-refractivity contribution in [1.82, 2.24) is 14.2 Å². The van der Waals surface area contributed by atoms with Crippen molar-refractivity contribution < 1.29 is 8.42 Å². The lowest BCUT2D eigenvalue weighted by molar-refractivity contribution is 0.576. The van der Waals surface area contributed by atoms with Crippen molar-refractivity contribution in [3.63, 3.8) is 0 Å². The highest BCUT2D eigenvalue weighted by atomic mass is 32.2. The largest absolute Gasteiger partial charge is 0.358 e. The zero-order valence-corrected chi connectivity index (χ0v) is 11.7. The maximum absolute atomic E-state index is 12.3. The molecule has 0 radical (unpaired) electrons. The first-order chi connectivity index (χ1) is 8.82. The third kappa shape index (κ3) is 2.46. The Labute approximate surface area is 111 Å². The topological polar surface area (TPSA) is 84.8 Å². The monoisotopic (exact) mass is 281 g/mol. The van der Waals surface area contributed by atoms with E-state index in [2.05, 4.69) is 10.1 Å². The van der Waals surface area contributed by atoms with Crippen LogP contribution in [0.3, 0.4) is 0 Å². The molecule has 6 nitrogen and oxygen atoms in total. The quantitative estimate of drug-likeness (QED) is 0.917. The van der Waals surface area contributed by atoms with E-state index in [4.69, 9.17) is 0 Å². The highest BCUT2D eigenvalue weighted by molar-refractivity contribution is 7.89. The zero-order chi connectivity index (χ0) is 14.2. The number of aryl methyl sites for hydroxylation is 1. The number of H-pyrrole nitrogens is 1. The molecule has 0 atom stereocenters. The van der Waals surface area contributed by atoms with Crippen molar-refractivity contribution >= 4 is 10.0 Å². The molecule has 0 aliphatic rings. The molecule has 1 heterocycles. The SMILES string of the molecule is Cc1ccc(S(=O)(=O)n2nc(C(C)C)[nH]c2=O)cc1. The summed E-state index contributed by atoms with van der Waals surface area (Å²) in [7, 11) is -3.94. The molecule has 0 fully saturated rings. The fourth-order valence-electron chi connectivity index (χ4n) is 1.56. The van der Waals surface area contributed by atoms with Crippen LogP contribution in [0.4, 0.5) is 0 Å². The Balaban J connectivity index is 2.57. The summed E-state index contributed by atoms with van der Waals surface area (Å²) in [6.07, 6.45) is 0. The summed E-state index contributed by atoms with van der Waals surface area (Å²) in [6.45, 7) is 5.50. The Hall–Kier alpha value is -1.89. The Kier molecular flexibility index (Phi) is 3.32. The molecule has 0 saturated heterocycles. The number of nitrogens with zero attached hydrogens (tertiary/aromatic N) is 2. The molecule has 7 heteroatoms. The Morgan fingerprint density at radius 3 is 2.26 bits per heavy atom. The molecule has 102 valence electrons. The number of benzene rings is 1. The second-order valence-corrected chi connectivity index (χ2v) is 6.40. The van der Waals surface area contributed by atoms with Crippen molar-refractivity contribution in [3.8, 4) is 0 Å². The molecule has 0 bridgehead atoms. The number of hydrogen-bond acceptors (Lipinski definition) is 4. The molecule has 0 aliphatic heterocycles. The van der Waals surface area contributed by atoms with Gasteiger partial charge in [0.2, 0.25) is 0 Å². The van der Waals surface area contributed by atoms with Gasteiger partial charge in [0.1, 0.15) is 5.82 Å². The number of aromatic amines is 1.